The SMILES string of the molecule is CC(C)[N+]1(C)CC=CCCC1. The van der Waals surface area contributed by atoms with Gasteiger partial charge in [-0.15, -0.1) is 0 Å². The van der Waals surface area contributed by atoms with Crippen LogP contribution in [0.5, 0.6) is 0 Å². The standard InChI is InChI=1S/C10H20N/c1-10(2)11(3)8-6-4-5-7-9-11/h4,6,10H,5,7-9H2,1-3H3/q+1. The monoisotopic (exact) mass is 154 g/mol. The van der Waals surface area contributed by atoms with Gasteiger partial charge < -0.3 is 4.48 Å². The van der Waals surface area contributed by atoms with E-state index in [0.717, 1.165) is 6.04 Å². The summed E-state index contributed by atoms with van der Waals surface area (Å²) < 4.78 is 1.22. The van der Waals surface area contributed by atoms with Gasteiger partial charge in [-0.05, 0) is 26.3 Å². The molecule has 0 aromatic heterocycles. The minimum Gasteiger partial charge on any atom is -0.321 e. The largest absolute Gasteiger partial charge is 0.321 e. The molecule has 0 aromatic carbocycles. The predicted octanol–water partition coefficient (Wildman–Crippen LogP) is 2.19. The van der Waals surface area contributed by atoms with E-state index in [9.17, 15) is 0 Å². The second-order valence-electron chi connectivity index (χ2n) is 4.09. The Morgan fingerprint density at radius 1 is 1.27 bits per heavy atom. The van der Waals surface area contributed by atoms with Crippen LogP contribution in [0.2, 0.25) is 0 Å². The molecule has 0 radical (unpaired) electrons. The van der Waals surface area contributed by atoms with Crippen molar-refractivity contribution in [2.45, 2.75) is 32.7 Å². The highest BCUT2D eigenvalue weighted by molar-refractivity contribution is 4.84. The third-order valence-electron chi connectivity index (χ3n) is 2.98. The average molecular weight is 154 g/mol. The Morgan fingerprint density at radius 2 is 2.00 bits per heavy atom. The average Bonchev–Trinajstić information content (AvgIpc) is 2.15. The molecule has 1 nitrogen and oxygen atoms in total. The van der Waals surface area contributed by atoms with Crippen LogP contribution in [0.4, 0.5) is 0 Å². The molecule has 0 fully saturated rings. The summed E-state index contributed by atoms with van der Waals surface area (Å²) in [6.45, 7) is 7.20. The summed E-state index contributed by atoms with van der Waals surface area (Å²) >= 11 is 0. The zero-order chi connectivity index (χ0) is 8.32. The first kappa shape index (κ1) is 8.79. The predicted molar refractivity (Wildman–Crippen MR) is 49.4 cm³/mol. The molecule has 0 N–H and O–H groups in total. The van der Waals surface area contributed by atoms with Crippen molar-refractivity contribution in [3.8, 4) is 0 Å². The maximum atomic E-state index is 2.36. The van der Waals surface area contributed by atoms with Gasteiger partial charge in [0.1, 0.15) is 0 Å². The minimum absolute atomic E-state index is 0.762. The molecule has 11 heavy (non-hydrogen) atoms. The van der Waals surface area contributed by atoms with E-state index >= 15 is 0 Å². The van der Waals surface area contributed by atoms with Crippen molar-refractivity contribution in [1.82, 2.24) is 0 Å². The van der Waals surface area contributed by atoms with Crippen molar-refractivity contribution in [1.29, 1.82) is 0 Å². The van der Waals surface area contributed by atoms with Crippen LogP contribution in [-0.4, -0.2) is 30.7 Å². The number of hydrogen-bond acceptors (Lipinski definition) is 0. The summed E-state index contributed by atoms with van der Waals surface area (Å²) in [4.78, 5) is 0. The Hall–Kier alpha value is -0.300. The molecular formula is C10H20N+. The lowest BCUT2D eigenvalue weighted by molar-refractivity contribution is -0.924. The highest BCUT2D eigenvalue weighted by Gasteiger charge is 2.24. The number of hydrogen-bond donors (Lipinski definition) is 0. The quantitative estimate of drug-likeness (QED) is 0.401. The van der Waals surface area contributed by atoms with Crippen molar-refractivity contribution in [2.24, 2.45) is 0 Å². The third kappa shape index (κ3) is 2.06. The first-order valence-corrected chi connectivity index (χ1v) is 4.64. The first-order valence-electron chi connectivity index (χ1n) is 4.64. The molecule has 1 rings (SSSR count). The Labute approximate surface area is 70.3 Å². The number of quaternary nitrogens is 1. The van der Waals surface area contributed by atoms with E-state index in [-0.39, 0.29) is 0 Å². The molecule has 0 saturated carbocycles. The summed E-state index contributed by atoms with van der Waals surface area (Å²) in [5.74, 6) is 0. The Morgan fingerprint density at radius 3 is 2.64 bits per heavy atom. The van der Waals surface area contributed by atoms with E-state index in [1.165, 1.54) is 30.4 Å². The van der Waals surface area contributed by atoms with Gasteiger partial charge in [-0.2, -0.15) is 0 Å². The van der Waals surface area contributed by atoms with E-state index in [1.807, 2.05) is 0 Å². The highest BCUT2D eigenvalue weighted by Crippen LogP contribution is 2.15. The van der Waals surface area contributed by atoms with Gasteiger partial charge >= 0.3 is 0 Å². The Balaban J connectivity index is 2.60. The summed E-state index contributed by atoms with van der Waals surface area (Å²) in [7, 11) is 2.36. The van der Waals surface area contributed by atoms with Crippen LogP contribution < -0.4 is 0 Å². The van der Waals surface area contributed by atoms with Crippen LogP contribution in [0, 0.1) is 0 Å². The second-order valence-corrected chi connectivity index (χ2v) is 4.09. The molecule has 1 atom stereocenters. The second kappa shape index (κ2) is 3.40. The summed E-state index contributed by atoms with van der Waals surface area (Å²) in [5, 5.41) is 0. The van der Waals surface area contributed by atoms with Gasteiger partial charge in [0.05, 0.1) is 26.2 Å². The topological polar surface area (TPSA) is 0 Å². The van der Waals surface area contributed by atoms with Crippen LogP contribution in [0.1, 0.15) is 26.7 Å². The Bertz CT molecular complexity index is 149. The number of likely N-dealkylation sites (N-methyl/N-ethyl adjacent to an activating group) is 1. The van der Waals surface area contributed by atoms with Crippen LogP contribution >= 0.6 is 0 Å². The summed E-state index contributed by atoms with van der Waals surface area (Å²) in [5.41, 5.74) is 0. The molecule has 1 aliphatic rings. The maximum absolute atomic E-state index is 2.36. The van der Waals surface area contributed by atoms with Crippen LogP contribution in [0.3, 0.4) is 0 Å². The number of rotatable bonds is 1. The molecule has 0 aliphatic carbocycles. The van der Waals surface area contributed by atoms with Crippen LogP contribution in [0.25, 0.3) is 0 Å². The van der Waals surface area contributed by atoms with Gasteiger partial charge in [0.15, 0.2) is 0 Å². The van der Waals surface area contributed by atoms with Crippen molar-refractivity contribution >= 4 is 0 Å². The lowest BCUT2D eigenvalue weighted by atomic mass is 10.2. The summed E-state index contributed by atoms with van der Waals surface area (Å²) in [6, 6.07) is 0.762. The zero-order valence-electron chi connectivity index (χ0n) is 8.01. The number of allylic oxidation sites excluding steroid dienone is 1. The highest BCUT2D eigenvalue weighted by atomic mass is 15.3. The van der Waals surface area contributed by atoms with Gasteiger partial charge in [0.25, 0.3) is 0 Å². The van der Waals surface area contributed by atoms with Gasteiger partial charge in [-0.1, -0.05) is 6.08 Å². The van der Waals surface area contributed by atoms with Gasteiger partial charge in [0, 0.05) is 6.42 Å². The molecule has 1 heterocycles. The molecule has 64 valence electrons. The molecule has 0 saturated heterocycles. The van der Waals surface area contributed by atoms with E-state index in [1.54, 1.807) is 0 Å². The molecule has 0 spiro atoms. The van der Waals surface area contributed by atoms with Crippen LogP contribution in [0.15, 0.2) is 12.2 Å². The normalized spacial score (nSPS) is 32.4. The molecule has 1 unspecified atom stereocenters. The molecular weight excluding hydrogens is 134 g/mol. The van der Waals surface area contributed by atoms with Crippen molar-refractivity contribution in [3.05, 3.63) is 12.2 Å². The molecule has 1 aliphatic heterocycles. The first-order chi connectivity index (χ1) is 5.15. The van der Waals surface area contributed by atoms with Crippen molar-refractivity contribution in [3.63, 3.8) is 0 Å². The van der Waals surface area contributed by atoms with E-state index in [0.29, 0.717) is 0 Å². The Kier molecular flexibility index (Phi) is 2.72. The van der Waals surface area contributed by atoms with E-state index in [2.05, 4.69) is 33.0 Å². The molecule has 1 heteroatoms. The van der Waals surface area contributed by atoms with Crippen LogP contribution in [-0.2, 0) is 0 Å². The minimum atomic E-state index is 0.762. The third-order valence-corrected chi connectivity index (χ3v) is 2.98. The van der Waals surface area contributed by atoms with Gasteiger partial charge in [0.2, 0.25) is 0 Å². The molecule has 0 bridgehead atoms. The van der Waals surface area contributed by atoms with Gasteiger partial charge in [-0.3, -0.25) is 0 Å². The van der Waals surface area contributed by atoms with Crippen molar-refractivity contribution < 1.29 is 4.48 Å². The number of nitrogens with zero attached hydrogens (tertiary/aromatic N) is 1. The molecule has 0 amide bonds. The van der Waals surface area contributed by atoms with E-state index in [4.69, 9.17) is 0 Å². The van der Waals surface area contributed by atoms with Crippen molar-refractivity contribution in [2.75, 3.05) is 20.1 Å². The van der Waals surface area contributed by atoms with E-state index < -0.39 is 0 Å². The lowest BCUT2D eigenvalue weighted by Gasteiger charge is -2.37. The molecule has 0 aromatic rings. The fraction of sp³-hybridized carbons (Fsp3) is 0.800. The summed E-state index contributed by atoms with van der Waals surface area (Å²) in [6.07, 6.45) is 7.30. The maximum Gasteiger partial charge on any atom is 0.0973 e. The zero-order valence-corrected chi connectivity index (χ0v) is 8.01. The van der Waals surface area contributed by atoms with Gasteiger partial charge in [-0.25, -0.2) is 0 Å². The lowest BCUT2D eigenvalue weighted by Crippen LogP contribution is -2.49. The fourth-order valence-corrected chi connectivity index (χ4v) is 1.56. The fourth-order valence-electron chi connectivity index (χ4n) is 1.56. The smallest absolute Gasteiger partial charge is 0.0973 e.